The molecule has 4 unspecified atom stereocenters. The fourth-order valence-corrected chi connectivity index (χ4v) is 5.31. The quantitative estimate of drug-likeness (QED) is 0.154. The molecule has 196 valence electrons. The van der Waals surface area contributed by atoms with Crippen LogP contribution < -0.4 is 0 Å². The van der Waals surface area contributed by atoms with Gasteiger partial charge in [-0.2, -0.15) is 0 Å². The molecule has 0 saturated carbocycles. The number of aliphatic hydroxyl groups excluding tert-OH is 7. The van der Waals surface area contributed by atoms with Crippen molar-refractivity contribution in [1.29, 1.82) is 0 Å². The highest BCUT2D eigenvalue weighted by atomic mass is 32.2. The number of hydrogen-bond donors (Lipinski definition) is 7. The second-order valence-corrected chi connectivity index (χ2v) is 10.1. The van der Waals surface area contributed by atoms with E-state index in [4.69, 9.17) is 14.2 Å². The van der Waals surface area contributed by atoms with Crippen molar-refractivity contribution in [3.8, 4) is 0 Å². The van der Waals surface area contributed by atoms with Crippen LogP contribution in [0.25, 0.3) is 0 Å². The summed E-state index contributed by atoms with van der Waals surface area (Å²) in [5.74, 6) is 0.736. The minimum Gasteiger partial charge on any atom is -0.394 e. The number of ether oxygens (including phenoxy) is 3. The summed E-state index contributed by atoms with van der Waals surface area (Å²) in [6.07, 6.45) is -3.10. The van der Waals surface area contributed by atoms with E-state index in [0.717, 1.165) is 25.0 Å². The summed E-state index contributed by atoms with van der Waals surface area (Å²) in [4.78, 5) is 0. The van der Waals surface area contributed by atoms with E-state index in [1.165, 1.54) is 43.9 Å². The summed E-state index contributed by atoms with van der Waals surface area (Å²) in [6, 6.07) is 0. The van der Waals surface area contributed by atoms with Crippen molar-refractivity contribution in [2.75, 3.05) is 19.0 Å². The number of thioether (sulfide) groups is 1. The molecule has 10 nitrogen and oxygen atoms in total. The zero-order chi connectivity index (χ0) is 24.4. The number of aliphatic hydroxyl groups is 7. The van der Waals surface area contributed by atoms with E-state index >= 15 is 0 Å². The molecule has 0 amide bonds. The smallest absolute Gasteiger partial charge is 0.187 e. The van der Waals surface area contributed by atoms with Gasteiger partial charge in [-0.25, -0.2) is 0 Å². The Hall–Kier alpha value is -0.0500. The average Bonchev–Trinajstić information content (AvgIpc) is 2.82. The lowest BCUT2D eigenvalue weighted by Gasteiger charge is -2.46. The minimum atomic E-state index is -1.67. The van der Waals surface area contributed by atoms with Crippen molar-refractivity contribution >= 4 is 11.8 Å². The van der Waals surface area contributed by atoms with Gasteiger partial charge in [-0.15, -0.1) is 11.8 Å². The van der Waals surface area contributed by atoms with Gasteiger partial charge in [0.15, 0.2) is 6.29 Å². The maximum Gasteiger partial charge on any atom is 0.187 e. The first kappa shape index (κ1) is 29.2. The first-order valence-electron chi connectivity index (χ1n) is 12.1. The summed E-state index contributed by atoms with van der Waals surface area (Å²) < 4.78 is 16.6. The lowest BCUT2D eigenvalue weighted by Crippen LogP contribution is -2.64. The van der Waals surface area contributed by atoms with Crippen LogP contribution in [0.5, 0.6) is 0 Å². The molecular weight excluding hydrogens is 456 g/mol. The second kappa shape index (κ2) is 15.1. The second-order valence-electron chi connectivity index (χ2n) is 8.85. The Morgan fingerprint density at radius 1 is 0.667 bits per heavy atom. The zero-order valence-electron chi connectivity index (χ0n) is 19.3. The molecule has 2 saturated heterocycles. The molecule has 2 aliphatic heterocycles. The Morgan fingerprint density at radius 2 is 1.27 bits per heavy atom. The lowest BCUT2D eigenvalue weighted by molar-refractivity contribution is -0.338. The van der Waals surface area contributed by atoms with Gasteiger partial charge in [-0.3, -0.25) is 0 Å². The highest BCUT2D eigenvalue weighted by Crippen LogP contribution is 2.33. The molecule has 0 aromatic heterocycles. The summed E-state index contributed by atoms with van der Waals surface area (Å²) >= 11 is 1.37. The van der Waals surface area contributed by atoms with Crippen LogP contribution in [-0.2, 0) is 14.2 Å². The van der Waals surface area contributed by atoms with Gasteiger partial charge in [0.1, 0.15) is 54.3 Å². The number of rotatable bonds is 14. The van der Waals surface area contributed by atoms with Crippen LogP contribution in [0.2, 0.25) is 0 Å². The molecule has 2 heterocycles. The minimum absolute atomic E-state index is 0.513. The van der Waals surface area contributed by atoms with Crippen molar-refractivity contribution in [2.24, 2.45) is 0 Å². The van der Waals surface area contributed by atoms with E-state index in [1.54, 1.807) is 0 Å². The van der Waals surface area contributed by atoms with Crippen LogP contribution in [0.4, 0.5) is 0 Å². The summed E-state index contributed by atoms with van der Waals surface area (Å²) in [7, 11) is 0. The Kier molecular flexibility index (Phi) is 13.4. The van der Waals surface area contributed by atoms with Gasteiger partial charge in [0.2, 0.25) is 0 Å². The van der Waals surface area contributed by atoms with E-state index in [1.807, 2.05) is 0 Å². The predicted octanol–water partition coefficient (Wildman–Crippen LogP) is -0.516. The predicted molar refractivity (Wildman–Crippen MR) is 121 cm³/mol. The first-order valence-corrected chi connectivity index (χ1v) is 13.1. The fourth-order valence-electron chi connectivity index (χ4n) is 4.13. The van der Waals surface area contributed by atoms with Crippen molar-refractivity contribution in [3.05, 3.63) is 0 Å². The van der Waals surface area contributed by atoms with Gasteiger partial charge < -0.3 is 50.0 Å². The molecule has 2 aliphatic rings. The molecule has 11 heteroatoms. The molecule has 0 spiro atoms. The molecule has 7 N–H and O–H groups in total. The molecule has 2 fully saturated rings. The maximum atomic E-state index is 10.6. The lowest BCUT2D eigenvalue weighted by atomic mass is 9.97. The zero-order valence-corrected chi connectivity index (χ0v) is 20.1. The molecule has 33 heavy (non-hydrogen) atoms. The Bertz CT molecular complexity index is 525. The van der Waals surface area contributed by atoms with Gasteiger partial charge in [0.05, 0.1) is 13.2 Å². The molecule has 0 aromatic carbocycles. The van der Waals surface area contributed by atoms with E-state index in [2.05, 4.69) is 6.92 Å². The Balaban J connectivity index is 1.82. The normalized spacial score (nSPS) is 39.6. The van der Waals surface area contributed by atoms with E-state index < -0.39 is 73.8 Å². The van der Waals surface area contributed by atoms with E-state index in [-0.39, 0.29) is 0 Å². The van der Waals surface area contributed by atoms with Crippen LogP contribution in [0.3, 0.4) is 0 Å². The van der Waals surface area contributed by atoms with Crippen molar-refractivity contribution in [1.82, 2.24) is 0 Å². The number of unbranched alkanes of at least 4 members (excludes halogenated alkanes) is 7. The van der Waals surface area contributed by atoms with Crippen LogP contribution in [-0.4, -0.2) is 115 Å². The van der Waals surface area contributed by atoms with Crippen molar-refractivity contribution in [2.45, 2.75) is 119 Å². The average molecular weight is 499 g/mol. The van der Waals surface area contributed by atoms with Crippen LogP contribution in [0.15, 0.2) is 0 Å². The van der Waals surface area contributed by atoms with Crippen LogP contribution in [0, 0.1) is 0 Å². The van der Waals surface area contributed by atoms with Crippen LogP contribution >= 0.6 is 11.8 Å². The Labute approximate surface area is 199 Å². The molecule has 0 radical (unpaired) electrons. The van der Waals surface area contributed by atoms with Crippen molar-refractivity contribution < 1.29 is 50.0 Å². The van der Waals surface area contributed by atoms with Gasteiger partial charge in [-0.1, -0.05) is 51.9 Å². The highest BCUT2D eigenvalue weighted by Gasteiger charge is 2.50. The van der Waals surface area contributed by atoms with Crippen LogP contribution in [0.1, 0.15) is 58.3 Å². The first-order chi connectivity index (χ1) is 15.8. The largest absolute Gasteiger partial charge is 0.394 e. The monoisotopic (exact) mass is 498 g/mol. The standard InChI is InChI=1S/C22H42O10S/c1-2-3-4-5-6-7-8-9-10-33-22-19(29)17(27)20(14(12-24)31-22)32-21-18(28)16(26)15(25)13(11-23)30-21/h13-29H,2-12H2,1H3/t13?,14?,15-,16+,17?,18?,19+,20-,21-,22+/m1/s1. The maximum absolute atomic E-state index is 10.6. The third-order valence-corrected chi connectivity index (χ3v) is 7.48. The van der Waals surface area contributed by atoms with Crippen molar-refractivity contribution in [3.63, 3.8) is 0 Å². The van der Waals surface area contributed by atoms with E-state index in [9.17, 15) is 35.7 Å². The molecule has 2 rings (SSSR count). The topological polar surface area (TPSA) is 169 Å². The fraction of sp³-hybridized carbons (Fsp3) is 1.00. The van der Waals surface area contributed by atoms with Gasteiger partial charge in [0.25, 0.3) is 0 Å². The number of hydrogen-bond acceptors (Lipinski definition) is 11. The molecule has 10 atom stereocenters. The Morgan fingerprint density at radius 3 is 1.88 bits per heavy atom. The highest BCUT2D eigenvalue weighted by molar-refractivity contribution is 7.99. The van der Waals surface area contributed by atoms with Gasteiger partial charge in [0, 0.05) is 0 Å². The third-order valence-electron chi connectivity index (χ3n) is 6.24. The van der Waals surface area contributed by atoms with Gasteiger partial charge in [-0.05, 0) is 12.2 Å². The summed E-state index contributed by atoms with van der Waals surface area (Å²) in [5.41, 5.74) is -0.753. The SMILES string of the molecule is CCCCCCCCCCS[C@@H]1OC(CO)[C@@H](O[C@H]2OC(CO)[C@@H](O)[C@H](O)C2O)C(O)[C@@H]1O. The third kappa shape index (κ3) is 8.25. The molecule has 0 aromatic rings. The summed E-state index contributed by atoms with van der Waals surface area (Å²) in [5, 5.41) is 70.2. The molecule has 0 bridgehead atoms. The van der Waals surface area contributed by atoms with E-state index in [0.29, 0.717) is 0 Å². The molecule has 0 aliphatic carbocycles. The summed E-state index contributed by atoms with van der Waals surface area (Å²) in [6.45, 7) is 1.06. The van der Waals surface area contributed by atoms with Gasteiger partial charge >= 0.3 is 0 Å². The molecular formula is C22H42O10S.